The van der Waals surface area contributed by atoms with Gasteiger partial charge in [-0.05, 0) is 23.6 Å². The lowest BCUT2D eigenvalue weighted by atomic mass is 10.1. The molecule has 0 aliphatic rings. The summed E-state index contributed by atoms with van der Waals surface area (Å²) in [4.78, 5) is 27.0. The Bertz CT molecular complexity index is 1230. The van der Waals surface area contributed by atoms with Crippen LogP contribution in [0, 0.1) is 11.6 Å². The molecule has 0 bridgehead atoms. The molecule has 0 fully saturated rings. The van der Waals surface area contributed by atoms with Crippen LogP contribution >= 0.6 is 0 Å². The average Bonchev–Trinajstić information content (AvgIpc) is 2.61. The second kappa shape index (κ2) is 6.07. The van der Waals surface area contributed by atoms with Gasteiger partial charge in [-0.1, -0.05) is 30.3 Å². The zero-order chi connectivity index (χ0) is 18.3. The molecule has 4 rings (SSSR count). The highest BCUT2D eigenvalue weighted by molar-refractivity contribution is 6.07. The monoisotopic (exact) mass is 351 g/mol. The van der Waals surface area contributed by atoms with E-state index in [4.69, 9.17) is 4.74 Å². The van der Waals surface area contributed by atoms with Gasteiger partial charge in [0.25, 0.3) is 5.56 Å². The number of hydrogen-bond acceptors (Lipinski definition) is 3. The number of esters is 1. The lowest BCUT2D eigenvalue weighted by Gasteiger charge is -2.10. The van der Waals surface area contributed by atoms with Gasteiger partial charge in [0.05, 0.1) is 11.1 Å². The fourth-order valence-electron chi connectivity index (χ4n) is 2.86. The Balaban J connectivity index is 1.85. The quantitative estimate of drug-likeness (QED) is 0.435. The van der Waals surface area contributed by atoms with Gasteiger partial charge in [-0.15, -0.1) is 0 Å². The number of fused-ring (bicyclic) bond motifs is 3. The van der Waals surface area contributed by atoms with Gasteiger partial charge in [0.1, 0.15) is 17.4 Å². The van der Waals surface area contributed by atoms with Crippen LogP contribution in [0.5, 0.6) is 5.75 Å². The molecule has 0 aliphatic heterocycles. The smallest absolute Gasteiger partial charge is 0.346 e. The van der Waals surface area contributed by atoms with Gasteiger partial charge in [0.2, 0.25) is 0 Å². The maximum atomic E-state index is 13.8. The van der Waals surface area contributed by atoms with E-state index >= 15 is 0 Å². The summed E-state index contributed by atoms with van der Waals surface area (Å²) in [6.45, 7) is 0. The first-order chi connectivity index (χ1) is 12.5. The number of carbonyl (C=O) groups is 1. The van der Waals surface area contributed by atoms with E-state index < -0.39 is 28.7 Å². The molecule has 4 aromatic rings. The molecule has 1 N–H and O–H groups in total. The van der Waals surface area contributed by atoms with Crippen molar-refractivity contribution in [2.75, 3.05) is 0 Å². The number of nitrogens with one attached hydrogen (secondary N) is 1. The van der Waals surface area contributed by atoms with Gasteiger partial charge >= 0.3 is 5.97 Å². The molecule has 4 nitrogen and oxygen atoms in total. The first kappa shape index (κ1) is 16.0. The Kier molecular flexibility index (Phi) is 3.73. The third-order valence-electron chi connectivity index (χ3n) is 4.06. The van der Waals surface area contributed by atoms with E-state index in [1.54, 1.807) is 6.07 Å². The van der Waals surface area contributed by atoms with Crippen molar-refractivity contribution in [1.29, 1.82) is 0 Å². The lowest BCUT2D eigenvalue weighted by molar-refractivity contribution is 0.0732. The molecule has 0 saturated heterocycles. The van der Waals surface area contributed by atoms with Crippen LogP contribution in [0.2, 0.25) is 0 Å². The van der Waals surface area contributed by atoms with Crippen molar-refractivity contribution in [1.82, 2.24) is 4.98 Å². The largest absolute Gasteiger partial charge is 0.422 e. The highest BCUT2D eigenvalue weighted by Gasteiger charge is 2.17. The molecule has 0 amide bonds. The first-order valence-electron chi connectivity index (χ1n) is 7.75. The minimum atomic E-state index is -1.03. The summed E-state index contributed by atoms with van der Waals surface area (Å²) < 4.78 is 32.0. The maximum absolute atomic E-state index is 13.8. The first-order valence-corrected chi connectivity index (χ1v) is 7.75. The molecule has 0 unspecified atom stereocenters. The summed E-state index contributed by atoms with van der Waals surface area (Å²) in [6, 6.07) is 14.6. The van der Waals surface area contributed by atoms with Crippen molar-refractivity contribution in [3.8, 4) is 5.75 Å². The summed E-state index contributed by atoms with van der Waals surface area (Å²) in [5.74, 6) is -2.84. The molecule has 1 aromatic heterocycles. The zero-order valence-electron chi connectivity index (χ0n) is 13.3. The Morgan fingerprint density at radius 1 is 0.923 bits per heavy atom. The number of ether oxygens (including phenoxy) is 1. The van der Waals surface area contributed by atoms with Crippen LogP contribution in [0.4, 0.5) is 8.78 Å². The fraction of sp³-hybridized carbons (Fsp3) is 0. The molecule has 1 heterocycles. The van der Waals surface area contributed by atoms with Crippen LogP contribution in [0.1, 0.15) is 10.4 Å². The summed E-state index contributed by atoms with van der Waals surface area (Å²) in [7, 11) is 0. The Labute approximate surface area is 145 Å². The van der Waals surface area contributed by atoms with E-state index in [1.165, 1.54) is 0 Å². The van der Waals surface area contributed by atoms with E-state index in [1.807, 2.05) is 30.3 Å². The molecule has 6 heteroatoms. The van der Waals surface area contributed by atoms with E-state index in [9.17, 15) is 18.4 Å². The number of hydrogen-bond donors (Lipinski definition) is 1. The number of carbonyl (C=O) groups excluding carboxylic acids is 1. The summed E-state index contributed by atoms with van der Waals surface area (Å²) in [5, 5.41) is 2.19. The zero-order valence-corrected chi connectivity index (χ0v) is 13.3. The summed E-state index contributed by atoms with van der Waals surface area (Å²) >= 11 is 0. The van der Waals surface area contributed by atoms with Crippen molar-refractivity contribution in [3.05, 3.63) is 88.2 Å². The molecule has 128 valence electrons. The van der Waals surface area contributed by atoms with Crippen molar-refractivity contribution in [2.24, 2.45) is 0 Å². The minimum absolute atomic E-state index is 0.00299. The van der Waals surface area contributed by atoms with Crippen LogP contribution < -0.4 is 10.3 Å². The van der Waals surface area contributed by atoms with Gasteiger partial charge in [0.15, 0.2) is 0 Å². The molecular weight excluding hydrogens is 340 g/mol. The highest BCUT2D eigenvalue weighted by Crippen LogP contribution is 2.29. The second-order valence-corrected chi connectivity index (χ2v) is 5.72. The topological polar surface area (TPSA) is 59.2 Å². The summed E-state index contributed by atoms with van der Waals surface area (Å²) in [5.41, 5.74) is -0.366. The Morgan fingerprint density at radius 2 is 1.73 bits per heavy atom. The lowest BCUT2D eigenvalue weighted by Crippen LogP contribution is -2.14. The van der Waals surface area contributed by atoms with Crippen molar-refractivity contribution < 1.29 is 18.3 Å². The van der Waals surface area contributed by atoms with Crippen molar-refractivity contribution in [3.63, 3.8) is 0 Å². The standard InChI is InChI=1S/C20H11F2NO3/c21-12-6-8-14(16(22)9-12)20(25)26-17-10-18(24)23-19-13-4-2-1-3-11(13)5-7-15(17)19/h1-10H,(H,23,24). The van der Waals surface area contributed by atoms with E-state index in [0.717, 1.165) is 29.0 Å². The SMILES string of the molecule is O=C(Oc1cc(=O)[nH]c2c1ccc1ccccc12)c1ccc(F)cc1F. The molecule has 0 aliphatic carbocycles. The number of aromatic nitrogens is 1. The van der Waals surface area contributed by atoms with Gasteiger partial charge < -0.3 is 9.72 Å². The number of halogens is 2. The van der Waals surface area contributed by atoms with E-state index in [0.29, 0.717) is 17.0 Å². The molecular formula is C20H11F2NO3. The Hall–Kier alpha value is -3.54. The molecule has 0 spiro atoms. The van der Waals surface area contributed by atoms with Crippen LogP contribution in [0.3, 0.4) is 0 Å². The maximum Gasteiger partial charge on any atom is 0.346 e. The van der Waals surface area contributed by atoms with Crippen molar-refractivity contribution >= 4 is 27.6 Å². The fourth-order valence-corrected chi connectivity index (χ4v) is 2.86. The number of benzene rings is 3. The van der Waals surface area contributed by atoms with Crippen LogP contribution in [-0.4, -0.2) is 11.0 Å². The van der Waals surface area contributed by atoms with Crippen LogP contribution in [0.15, 0.2) is 65.5 Å². The molecule has 26 heavy (non-hydrogen) atoms. The third kappa shape index (κ3) is 2.71. The van der Waals surface area contributed by atoms with Crippen molar-refractivity contribution in [2.45, 2.75) is 0 Å². The normalized spacial score (nSPS) is 11.0. The minimum Gasteiger partial charge on any atom is -0.422 e. The number of rotatable bonds is 2. The van der Waals surface area contributed by atoms with Gasteiger partial charge in [0, 0.05) is 22.9 Å². The molecule has 0 atom stereocenters. The predicted molar refractivity (Wildman–Crippen MR) is 93.4 cm³/mol. The number of pyridine rings is 1. The van der Waals surface area contributed by atoms with Gasteiger partial charge in [-0.2, -0.15) is 0 Å². The van der Waals surface area contributed by atoms with Gasteiger partial charge in [-0.3, -0.25) is 4.79 Å². The van der Waals surface area contributed by atoms with E-state index in [-0.39, 0.29) is 5.75 Å². The molecule has 0 saturated carbocycles. The average molecular weight is 351 g/mol. The molecule has 3 aromatic carbocycles. The van der Waals surface area contributed by atoms with Crippen LogP contribution in [0.25, 0.3) is 21.7 Å². The van der Waals surface area contributed by atoms with E-state index in [2.05, 4.69) is 4.98 Å². The molecule has 0 radical (unpaired) electrons. The number of H-pyrrole nitrogens is 1. The Morgan fingerprint density at radius 3 is 2.54 bits per heavy atom. The summed E-state index contributed by atoms with van der Waals surface area (Å²) in [6.07, 6.45) is 0. The third-order valence-corrected chi connectivity index (χ3v) is 4.06. The van der Waals surface area contributed by atoms with Gasteiger partial charge in [-0.25, -0.2) is 13.6 Å². The van der Waals surface area contributed by atoms with Crippen LogP contribution in [-0.2, 0) is 0 Å². The predicted octanol–water partition coefficient (Wildman–Crippen LogP) is 4.18. The highest BCUT2D eigenvalue weighted by atomic mass is 19.1. The number of aromatic amines is 1. The second-order valence-electron chi connectivity index (χ2n) is 5.72.